The minimum absolute atomic E-state index is 1.33. The van der Waals surface area contributed by atoms with Gasteiger partial charge in [-0.25, -0.2) is 0 Å². The maximum Gasteiger partial charge on any atom is 0.0542 e. The number of hydrogen-bond donors (Lipinski definition) is 0. The Morgan fingerprint density at radius 3 is 1.25 bits per heavy atom. The fraction of sp³-hybridized carbons (Fsp3) is 0. The molecular weight excluding hydrogens is 328 g/mol. The molecule has 0 aliphatic carbocycles. The van der Waals surface area contributed by atoms with E-state index in [1.807, 2.05) is 22.7 Å². The maximum absolute atomic E-state index is 2.36. The van der Waals surface area contributed by atoms with Gasteiger partial charge in [-0.1, -0.05) is 48.5 Å². The van der Waals surface area contributed by atoms with E-state index < -0.39 is 0 Å². The molecular formula is C22H12S2. The minimum atomic E-state index is 1.33. The van der Waals surface area contributed by atoms with Gasteiger partial charge in [0.15, 0.2) is 0 Å². The Labute approximate surface area is 146 Å². The van der Waals surface area contributed by atoms with Crippen molar-refractivity contribution in [3.05, 3.63) is 72.8 Å². The second-order valence-corrected chi connectivity index (χ2v) is 8.36. The molecule has 6 rings (SSSR count). The number of thiophene rings is 2. The van der Waals surface area contributed by atoms with Gasteiger partial charge in [0.2, 0.25) is 0 Å². The average Bonchev–Trinajstić information content (AvgIpc) is 3.13. The summed E-state index contributed by atoms with van der Waals surface area (Å²) in [4.78, 5) is 0. The summed E-state index contributed by atoms with van der Waals surface area (Å²) in [5.74, 6) is 0. The molecule has 0 spiro atoms. The van der Waals surface area contributed by atoms with E-state index in [9.17, 15) is 0 Å². The monoisotopic (exact) mass is 340 g/mol. The highest BCUT2D eigenvalue weighted by Gasteiger charge is 2.13. The van der Waals surface area contributed by atoms with Crippen molar-refractivity contribution in [3.8, 4) is 0 Å². The summed E-state index contributed by atoms with van der Waals surface area (Å²) < 4.78 is 5.66. The maximum atomic E-state index is 2.36. The lowest BCUT2D eigenvalue weighted by Gasteiger charge is -1.98. The molecule has 0 unspecified atom stereocenters. The molecule has 0 amide bonds. The minimum Gasteiger partial charge on any atom is -0.134 e. The standard InChI is InChI=1S/C22H12S2/c1-3-7-15-11-19-17(9-13(15)5-1)21-22(23-19)18-10-14-6-2-4-8-16(14)12-20(18)24-21/h1-12H. The number of benzene rings is 4. The van der Waals surface area contributed by atoms with E-state index in [2.05, 4.69) is 72.8 Å². The average molecular weight is 340 g/mol. The molecule has 0 radical (unpaired) electrons. The number of rotatable bonds is 0. The van der Waals surface area contributed by atoms with Crippen LogP contribution in [-0.2, 0) is 0 Å². The third-order valence-electron chi connectivity index (χ3n) is 4.82. The molecule has 112 valence electrons. The van der Waals surface area contributed by atoms with Crippen LogP contribution in [0.3, 0.4) is 0 Å². The van der Waals surface area contributed by atoms with Gasteiger partial charge in [-0.15, -0.1) is 22.7 Å². The quantitative estimate of drug-likeness (QED) is 0.267. The Morgan fingerprint density at radius 2 is 0.833 bits per heavy atom. The molecule has 0 N–H and O–H groups in total. The highest BCUT2D eigenvalue weighted by atomic mass is 32.1. The van der Waals surface area contributed by atoms with Gasteiger partial charge < -0.3 is 0 Å². The molecule has 24 heavy (non-hydrogen) atoms. The smallest absolute Gasteiger partial charge is 0.0542 e. The molecule has 4 aromatic carbocycles. The van der Waals surface area contributed by atoms with Crippen molar-refractivity contribution in [2.24, 2.45) is 0 Å². The van der Waals surface area contributed by atoms with Gasteiger partial charge in [-0.2, -0.15) is 0 Å². The summed E-state index contributed by atoms with van der Waals surface area (Å²) >= 11 is 3.86. The lowest BCUT2D eigenvalue weighted by atomic mass is 10.1. The first-order chi connectivity index (χ1) is 11.9. The second kappa shape index (κ2) is 4.56. The van der Waals surface area contributed by atoms with Crippen molar-refractivity contribution in [1.82, 2.24) is 0 Å². The van der Waals surface area contributed by atoms with Crippen molar-refractivity contribution in [2.75, 3.05) is 0 Å². The largest absolute Gasteiger partial charge is 0.134 e. The Bertz CT molecular complexity index is 1290. The summed E-state index contributed by atoms with van der Waals surface area (Å²) in [6.07, 6.45) is 0. The molecule has 6 aromatic rings. The van der Waals surface area contributed by atoms with E-state index in [4.69, 9.17) is 0 Å². The molecule has 2 aromatic heterocycles. The molecule has 0 saturated heterocycles. The molecule has 0 saturated carbocycles. The summed E-state index contributed by atoms with van der Waals surface area (Å²) in [5.41, 5.74) is 0. The molecule has 2 heteroatoms. The number of fused-ring (bicyclic) bond motifs is 7. The first kappa shape index (κ1) is 12.9. The van der Waals surface area contributed by atoms with Gasteiger partial charge >= 0.3 is 0 Å². The molecule has 0 bridgehead atoms. The van der Waals surface area contributed by atoms with Gasteiger partial charge in [0, 0.05) is 20.2 Å². The molecule has 0 fully saturated rings. The van der Waals surface area contributed by atoms with Gasteiger partial charge in [0.05, 0.1) is 9.40 Å². The van der Waals surface area contributed by atoms with E-state index in [0.717, 1.165) is 0 Å². The highest BCUT2D eigenvalue weighted by molar-refractivity contribution is 7.36. The van der Waals surface area contributed by atoms with E-state index >= 15 is 0 Å². The third kappa shape index (κ3) is 1.67. The first-order valence-corrected chi connectivity index (χ1v) is 9.66. The predicted octanol–water partition coefficient (Wildman–Crippen LogP) is 7.58. The fourth-order valence-electron chi connectivity index (χ4n) is 3.63. The normalized spacial score (nSPS) is 12.2. The van der Waals surface area contributed by atoms with E-state index in [-0.39, 0.29) is 0 Å². The van der Waals surface area contributed by atoms with E-state index in [0.29, 0.717) is 0 Å². The molecule has 2 heterocycles. The van der Waals surface area contributed by atoms with Crippen LogP contribution in [0.1, 0.15) is 0 Å². The van der Waals surface area contributed by atoms with Crippen molar-refractivity contribution in [3.63, 3.8) is 0 Å². The van der Waals surface area contributed by atoms with Crippen molar-refractivity contribution in [2.45, 2.75) is 0 Å². The third-order valence-corrected chi connectivity index (χ3v) is 7.32. The van der Waals surface area contributed by atoms with Crippen LogP contribution in [0.5, 0.6) is 0 Å². The highest BCUT2D eigenvalue weighted by Crippen LogP contribution is 2.46. The zero-order chi connectivity index (χ0) is 15.7. The predicted molar refractivity (Wildman–Crippen MR) is 110 cm³/mol. The van der Waals surface area contributed by atoms with Crippen LogP contribution < -0.4 is 0 Å². The van der Waals surface area contributed by atoms with Gasteiger partial charge in [0.25, 0.3) is 0 Å². The van der Waals surface area contributed by atoms with E-state index in [1.165, 1.54) is 51.1 Å². The summed E-state index contributed by atoms with van der Waals surface area (Å²) in [6.45, 7) is 0. The van der Waals surface area contributed by atoms with Gasteiger partial charge in [-0.05, 0) is 45.8 Å². The molecule has 0 atom stereocenters. The van der Waals surface area contributed by atoms with Crippen molar-refractivity contribution in [1.29, 1.82) is 0 Å². The van der Waals surface area contributed by atoms with Crippen LogP contribution in [-0.4, -0.2) is 0 Å². The van der Waals surface area contributed by atoms with Crippen LogP contribution in [0.15, 0.2) is 72.8 Å². The fourth-order valence-corrected chi connectivity index (χ4v) is 6.33. The van der Waals surface area contributed by atoms with E-state index in [1.54, 1.807) is 0 Å². The topological polar surface area (TPSA) is 0 Å². The molecule has 0 nitrogen and oxygen atoms in total. The Balaban J connectivity index is 1.81. The first-order valence-electron chi connectivity index (χ1n) is 8.03. The van der Waals surface area contributed by atoms with Crippen LogP contribution in [0.2, 0.25) is 0 Å². The SMILES string of the molecule is c1ccc2cc3c(cc2c1)sc1c2cc4ccccc4cc2sc31. The van der Waals surface area contributed by atoms with Crippen LogP contribution in [0, 0.1) is 0 Å². The molecule has 0 aliphatic rings. The van der Waals surface area contributed by atoms with Gasteiger partial charge in [0.1, 0.15) is 0 Å². The van der Waals surface area contributed by atoms with Crippen molar-refractivity contribution < 1.29 is 0 Å². The number of hydrogen-bond acceptors (Lipinski definition) is 2. The second-order valence-electron chi connectivity index (χ2n) is 6.25. The Hall–Kier alpha value is -2.42. The zero-order valence-corrected chi connectivity index (χ0v) is 14.4. The molecule has 0 aliphatic heterocycles. The lowest BCUT2D eigenvalue weighted by Crippen LogP contribution is -1.71. The van der Waals surface area contributed by atoms with Gasteiger partial charge in [-0.3, -0.25) is 0 Å². The Morgan fingerprint density at radius 1 is 0.458 bits per heavy atom. The Kier molecular flexibility index (Phi) is 2.46. The van der Waals surface area contributed by atoms with Crippen molar-refractivity contribution >= 4 is 73.8 Å². The van der Waals surface area contributed by atoms with Crippen LogP contribution in [0.25, 0.3) is 51.1 Å². The summed E-state index contributed by atoms with van der Waals surface area (Å²) in [7, 11) is 0. The lowest BCUT2D eigenvalue weighted by molar-refractivity contribution is 1.82. The van der Waals surface area contributed by atoms with Crippen LogP contribution in [0.4, 0.5) is 0 Å². The summed E-state index contributed by atoms with van der Waals surface area (Å²) in [6, 6.07) is 26.7. The zero-order valence-electron chi connectivity index (χ0n) is 12.7. The summed E-state index contributed by atoms with van der Waals surface area (Å²) in [5, 5.41) is 8.11. The van der Waals surface area contributed by atoms with Crippen LogP contribution >= 0.6 is 22.7 Å².